The molecule has 36 heavy (non-hydrogen) atoms. The molecule has 4 rings (SSSR count). The molecule has 0 radical (unpaired) electrons. The van der Waals surface area contributed by atoms with Gasteiger partial charge in [-0.15, -0.1) is 6.58 Å². The molecule has 3 aliphatic rings. The van der Waals surface area contributed by atoms with E-state index in [1.54, 1.807) is 12.1 Å². The number of alkyl halides is 3. The van der Waals surface area contributed by atoms with Crippen molar-refractivity contribution in [2.24, 2.45) is 16.7 Å². The summed E-state index contributed by atoms with van der Waals surface area (Å²) in [6, 6.07) is 3.52. The molecule has 9 heteroatoms. The molecule has 0 bridgehead atoms. The molecule has 0 spiro atoms. The third kappa shape index (κ3) is 5.34. The van der Waals surface area contributed by atoms with E-state index < -0.39 is 22.6 Å². The molecule has 5 nitrogen and oxygen atoms in total. The predicted octanol–water partition coefficient (Wildman–Crippen LogP) is 6.39. The summed E-state index contributed by atoms with van der Waals surface area (Å²) in [6.07, 6.45) is 4.35. The molecule has 3 aliphatic carbocycles. The number of hydrogen-bond donors (Lipinski definition) is 2. The number of rotatable bonds is 9. The molecular weight excluding hydrogens is 491 g/mol. The Bertz CT molecular complexity index is 1090. The van der Waals surface area contributed by atoms with Gasteiger partial charge in [-0.2, -0.15) is 13.2 Å². The number of unbranched alkanes of at least 4 members (excludes halogenated alkanes) is 2. The Morgan fingerprint density at radius 2 is 1.97 bits per heavy atom. The van der Waals surface area contributed by atoms with Crippen LogP contribution in [0.4, 0.5) is 18.9 Å². The first-order valence-corrected chi connectivity index (χ1v) is 14.5. The van der Waals surface area contributed by atoms with Crippen molar-refractivity contribution in [1.82, 2.24) is 0 Å². The molecule has 0 aromatic heterocycles. The van der Waals surface area contributed by atoms with Crippen LogP contribution in [0.1, 0.15) is 93.7 Å². The highest BCUT2D eigenvalue weighted by molar-refractivity contribution is 7.87. The number of allylic oxidation sites excluding steroid dienone is 1. The van der Waals surface area contributed by atoms with Gasteiger partial charge in [0.1, 0.15) is 6.10 Å². The van der Waals surface area contributed by atoms with E-state index in [2.05, 4.69) is 24.3 Å². The van der Waals surface area contributed by atoms with Crippen molar-refractivity contribution in [3.8, 4) is 0 Å². The Labute approximate surface area is 212 Å². The smallest absolute Gasteiger partial charge is 0.414 e. The van der Waals surface area contributed by atoms with Crippen LogP contribution in [0.3, 0.4) is 0 Å². The number of hydrogen-bond acceptors (Lipinski definition) is 4. The predicted molar refractivity (Wildman–Crippen MR) is 132 cm³/mol. The van der Waals surface area contributed by atoms with Crippen LogP contribution < -0.4 is 4.72 Å². The van der Waals surface area contributed by atoms with Crippen LogP contribution in [0.2, 0.25) is 0 Å². The minimum atomic E-state index is -4.68. The van der Waals surface area contributed by atoms with Gasteiger partial charge in [0.15, 0.2) is 10.3 Å². The third-order valence-electron chi connectivity index (χ3n) is 9.34. The lowest BCUT2D eigenvalue weighted by Crippen LogP contribution is -2.48. The molecule has 0 aliphatic heterocycles. The van der Waals surface area contributed by atoms with E-state index in [9.17, 15) is 31.2 Å². The molecule has 2 fully saturated rings. The molecule has 2 N–H and O–H groups in total. The van der Waals surface area contributed by atoms with Gasteiger partial charge in [-0.05, 0) is 109 Å². The highest BCUT2D eigenvalue weighted by Gasteiger charge is 2.57. The van der Waals surface area contributed by atoms with Crippen molar-refractivity contribution in [3.63, 3.8) is 0 Å². The number of anilines is 1. The summed E-state index contributed by atoms with van der Waals surface area (Å²) < 4.78 is 74.1. The fourth-order valence-electron chi connectivity index (χ4n) is 7.77. The van der Waals surface area contributed by atoms with Crippen molar-refractivity contribution in [1.29, 1.82) is 0 Å². The van der Waals surface area contributed by atoms with E-state index in [-0.39, 0.29) is 29.9 Å². The van der Waals surface area contributed by atoms with Gasteiger partial charge in [-0.25, -0.2) is 8.42 Å². The summed E-state index contributed by atoms with van der Waals surface area (Å²) in [5, 5.41) is 9.26. The third-order valence-corrected chi connectivity index (χ3v) is 9.82. The van der Waals surface area contributed by atoms with Crippen molar-refractivity contribution < 1.29 is 31.2 Å². The van der Waals surface area contributed by atoms with E-state index in [0.29, 0.717) is 30.6 Å². The van der Waals surface area contributed by atoms with Crippen LogP contribution >= 0.6 is 0 Å². The number of aliphatic hydroxyl groups excluding tert-OH is 1. The second-order valence-electron chi connectivity index (χ2n) is 11.4. The lowest BCUT2D eigenvalue weighted by Gasteiger charge is -2.57. The number of aliphatic hydroxyl groups is 1. The first-order chi connectivity index (χ1) is 16.8. The van der Waals surface area contributed by atoms with E-state index in [4.69, 9.17) is 0 Å². The zero-order chi connectivity index (χ0) is 26.4. The second kappa shape index (κ2) is 9.95. The number of aryl methyl sites for hydroxylation is 2. The van der Waals surface area contributed by atoms with Crippen LogP contribution in [-0.2, 0) is 23.1 Å². The van der Waals surface area contributed by atoms with E-state index in [0.717, 1.165) is 36.8 Å². The highest BCUT2D eigenvalue weighted by atomic mass is 32.2. The first-order valence-electron chi connectivity index (χ1n) is 13.1. The van der Waals surface area contributed by atoms with Crippen molar-refractivity contribution >= 4 is 16.0 Å². The van der Waals surface area contributed by atoms with Crippen LogP contribution in [0, 0.1) is 16.7 Å². The van der Waals surface area contributed by atoms with Gasteiger partial charge in [-0.3, -0.25) is 4.72 Å². The average Bonchev–Trinajstić information content (AvgIpc) is 3.18. The Morgan fingerprint density at radius 3 is 2.64 bits per heavy atom. The van der Waals surface area contributed by atoms with Gasteiger partial charge in [0.05, 0.1) is 0 Å². The van der Waals surface area contributed by atoms with Gasteiger partial charge in [-0.1, -0.05) is 32.3 Å². The maximum Gasteiger partial charge on any atom is 0.414 e. The zero-order valence-electron chi connectivity index (χ0n) is 20.9. The van der Waals surface area contributed by atoms with Crippen molar-refractivity contribution in [3.05, 3.63) is 41.5 Å². The lowest BCUT2D eigenvalue weighted by molar-refractivity contribution is -0.205. The largest absolute Gasteiger partial charge is 0.731 e. The van der Waals surface area contributed by atoms with Crippen LogP contribution in [0.5, 0.6) is 0 Å². The van der Waals surface area contributed by atoms with Gasteiger partial charge in [0, 0.05) is 5.69 Å². The molecule has 5 atom stereocenters. The summed E-state index contributed by atoms with van der Waals surface area (Å²) in [5.41, 5.74) is 3.77. The Morgan fingerprint density at radius 1 is 1.22 bits per heavy atom. The SMILES string of the molecule is C=C[C@@]12CCc3cc(NS(=O)(=O)[O-])cc(CCCCCC(O)C(F)(F)F)c3[C@H]1CC[C@]1(C)CCC[C@H]12. The molecule has 2 saturated carbocycles. The Balaban J connectivity index is 1.61. The molecule has 202 valence electrons. The zero-order valence-corrected chi connectivity index (χ0v) is 21.7. The minimum Gasteiger partial charge on any atom is -0.731 e. The average molecular weight is 529 g/mol. The summed E-state index contributed by atoms with van der Waals surface area (Å²) in [6.45, 7) is 6.70. The number of benzene rings is 1. The summed E-state index contributed by atoms with van der Waals surface area (Å²) in [7, 11) is -4.68. The minimum absolute atomic E-state index is 0.0262. The van der Waals surface area contributed by atoms with Gasteiger partial charge >= 0.3 is 6.18 Å². The normalized spacial score (nSPS) is 30.7. The van der Waals surface area contributed by atoms with E-state index >= 15 is 0 Å². The van der Waals surface area contributed by atoms with E-state index in [1.807, 2.05) is 0 Å². The fourth-order valence-corrected chi connectivity index (χ4v) is 8.18. The molecule has 1 aromatic carbocycles. The summed E-state index contributed by atoms with van der Waals surface area (Å²) >= 11 is 0. The Hall–Kier alpha value is -1.58. The fraction of sp³-hybridized carbons (Fsp3) is 0.704. The standard InChI is InChI=1S/C27H38F3NO4S/c1-3-26-15-11-19-17-20(31-36(33,34)35)16-18(8-5-4-6-10-23(32)27(28,29)30)24(19)21(26)12-14-25(2)13-7-9-22(25)26/h3,16-17,21-23,31-32H,1,4-15H2,2H3,(H,33,34,35)/p-1/t21-,22-,23?,25+,26-/m1/s1. The topological polar surface area (TPSA) is 89.5 Å². The Kier molecular flexibility index (Phi) is 7.59. The van der Waals surface area contributed by atoms with Crippen molar-refractivity contribution in [2.45, 2.75) is 102 Å². The molecule has 1 unspecified atom stereocenters. The molecule has 0 amide bonds. The van der Waals surface area contributed by atoms with Crippen LogP contribution in [0.25, 0.3) is 0 Å². The number of fused-ring (bicyclic) bond motifs is 5. The lowest BCUT2D eigenvalue weighted by atomic mass is 9.47. The van der Waals surface area contributed by atoms with E-state index in [1.165, 1.54) is 24.8 Å². The quantitative estimate of drug-likeness (QED) is 0.221. The second-order valence-corrected chi connectivity index (χ2v) is 12.5. The first kappa shape index (κ1) is 27.5. The maximum absolute atomic E-state index is 12.6. The number of halogens is 3. The van der Waals surface area contributed by atoms with Gasteiger partial charge in [0.2, 0.25) is 0 Å². The summed E-state index contributed by atoms with van der Waals surface area (Å²) in [4.78, 5) is 0. The maximum atomic E-state index is 12.6. The monoisotopic (exact) mass is 528 g/mol. The van der Waals surface area contributed by atoms with Gasteiger partial charge < -0.3 is 9.66 Å². The van der Waals surface area contributed by atoms with Crippen LogP contribution in [0.15, 0.2) is 24.8 Å². The molecule has 1 aromatic rings. The van der Waals surface area contributed by atoms with Crippen molar-refractivity contribution in [2.75, 3.05) is 4.72 Å². The summed E-state index contributed by atoms with van der Waals surface area (Å²) in [5.74, 6) is 0.806. The van der Waals surface area contributed by atoms with Gasteiger partial charge in [0.25, 0.3) is 0 Å². The molecular formula is C27H37F3NO4S-. The number of nitrogens with one attached hydrogen (secondary N) is 1. The molecule has 0 heterocycles. The highest BCUT2D eigenvalue weighted by Crippen LogP contribution is 2.67. The van der Waals surface area contributed by atoms with Crippen LogP contribution in [-0.4, -0.2) is 30.4 Å². The molecule has 0 saturated heterocycles.